The highest BCUT2D eigenvalue weighted by Crippen LogP contribution is 2.34. The van der Waals surface area contributed by atoms with Gasteiger partial charge in [-0.25, -0.2) is 9.07 Å². The lowest BCUT2D eigenvalue weighted by Gasteiger charge is -2.25. The van der Waals surface area contributed by atoms with Gasteiger partial charge in [-0.2, -0.15) is 5.10 Å². The van der Waals surface area contributed by atoms with Gasteiger partial charge in [-0.15, -0.1) is 6.58 Å². The third kappa shape index (κ3) is 6.99. The van der Waals surface area contributed by atoms with Crippen molar-refractivity contribution in [3.8, 4) is 22.9 Å². The molecule has 3 aromatic rings. The monoisotopic (exact) mass is 453 g/mol. The average Bonchev–Trinajstić information content (AvgIpc) is 3.11. The number of methoxy groups -OCH3 is 1. The summed E-state index contributed by atoms with van der Waals surface area (Å²) in [6, 6.07) is 15.9. The molecule has 0 aliphatic rings. The van der Waals surface area contributed by atoms with Gasteiger partial charge < -0.3 is 14.6 Å². The lowest BCUT2D eigenvalue weighted by molar-refractivity contribution is 0.0806. The molecule has 0 spiro atoms. The SMILES string of the molecule is C=CCC[C@H](O)CN(CCOC)Cc1c(-c2ccccc2)nn(C)c1Oc1cccc(F)c1. The maximum atomic E-state index is 13.8. The highest BCUT2D eigenvalue weighted by Gasteiger charge is 2.23. The van der Waals surface area contributed by atoms with Gasteiger partial charge in [0.25, 0.3) is 0 Å². The Hall–Kier alpha value is -3.00. The van der Waals surface area contributed by atoms with Crippen LogP contribution in [-0.2, 0) is 18.3 Å². The van der Waals surface area contributed by atoms with E-state index in [1.54, 1.807) is 23.9 Å². The molecule has 0 aliphatic heterocycles. The van der Waals surface area contributed by atoms with Crippen LogP contribution < -0.4 is 4.74 Å². The molecule has 0 radical (unpaired) electrons. The summed E-state index contributed by atoms with van der Waals surface area (Å²) in [6.45, 7) is 5.84. The Bertz CT molecular complexity index is 1020. The highest BCUT2D eigenvalue weighted by atomic mass is 19.1. The lowest BCUT2D eigenvalue weighted by Crippen LogP contribution is -2.34. The fourth-order valence-corrected chi connectivity index (χ4v) is 3.67. The maximum Gasteiger partial charge on any atom is 0.222 e. The van der Waals surface area contributed by atoms with E-state index in [9.17, 15) is 9.50 Å². The molecule has 0 saturated carbocycles. The summed E-state index contributed by atoms with van der Waals surface area (Å²) < 4.78 is 26.9. The van der Waals surface area contributed by atoms with E-state index in [0.717, 1.165) is 23.2 Å². The van der Waals surface area contributed by atoms with Crippen molar-refractivity contribution in [3.63, 3.8) is 0 Å². The third-order valence-electron chi connectivity index (χ3n) is 5.31. The van der Waals surface area contributed by atoms with Gasteiger partial charge in [0.05, 0.1) is 18.3 Å². The molecule has 1 atom stereocenters. The Kier molecular flexibility index (Phi) is 9.18. The molecule has 1 heterocycles. The van der Waals surface area contributed by atoms with Crippen molar-refractivity contribution in [2.75, 3.05) is 26.8 Å². The number of halogens is 1. The molecule has 1 aromatic heterocycles. The van der Waals surface area contributed by atoms with Crippen LogP contribution in [0.3, 0.4) is 0 Å². The largest absolute Gasteiger partial charge is 0.439 e. The summed E-state index contributed by atoms with van der Waals surface area (Å²) in [5.74, 6) is 0.558. The number of benzene rings is 2. The van der Waals surface area contributed by atoms with E-state index >= 15 is 0 Å². The van der Waals surface area contributed by atoms with Crippen molar-refractivity contribution in [2.45, 2.75) is 25.5 Å². The predicted molar refractivity (Wildman–Crippen MR) is 128 cm³/mol. The minimum absolute atomic E-state index is 0.369. The molecule has 2 aromatic carbocycles. The van der Waals surface area contributed by atoms with Crippen molar-refractivity contribution in [1.82, 2.24) is 14.7 Å². The van der Waals surface area contributed by atoms with E-state index < -0.39 is 6.10 Å². The van der Waals surface area contributed by atoms with Crippen LogP contribution in [0, 0.1) is 5.82 Å². The van der Waals surface area contributed by atoms with Crippen LogP contribution >= 0.6 is 0 Å². The van der Waals surface area contributed by atoms with Crippen LogP contribution in [0.2, 0.25) is 0 Å². The molecule has 0 fully saturated rings. The van der Waals surface area contributed by atoms with Gasteiger partial charge >= 0.3 is 0 Å². The zero-order valence-corrected chi connectivity index (χ0v) is 19.3. The number of nitrogens with zero attached hydrogens (tertiary/aromatic N) is 3. The van der Waals surface area contributed by atoms with Crippen molar-refractivity contribution in [1.29, 1.82) is 0 Å². The first-order valence-electron chi connectivity index (χ1n) is 11.1. The van der Waals surface area contributed by atoms with Gasteiger partial charge in [0, 0.05) is 45.4 Å². The first kappa shape index (κ1) is 24.6. The average molecular weight is 454 g/mol. The molecule has 0 saturated heterocycles. The molecule has 0 aliphatic carbocycles. The standard InChI is InChI=1S/C26H32FN3O3/c1-4-5-13-22(31)18-30(15-16-32-3)19-24-25(20-10-7-6-8-11-20)28-29(2)26(24)33-23-14-9-12-21(27)17-23/h4,6-12,14,17,22,31H,1,5,13,15-16,18-19H2,2-3H3/t22-/m0/s1. The fraction of sp³-hybridized carbons (Fsp3) is 0.346. The second-order valence-electron chi connectivity index (χ2n) is 7.93. The van der Waals surface area contributed by atoms with Crippen molar-refractivity contribution >= 4 is 0 Å². The van der Waals surface area contributed by atoms with Gasteiger partial charge in [0.15, 0.2) is 0 Å². The molecule has 0 bridgehead atoms. The van der Waals surface area contributed by atoms with Crippen LogP contribution in [0.1, 0.15) is 18.4 Å². The molecular weight excluding hydrogens is 421 g/mol. The molecule has 6 nitrogen and oxygen atoms in total. The van der Waals surface area contributed by atoms with Crippen LogP contribution in [0.4, 0.5) is 4.39 Å². The minimum atomic E-state index is -0.496. The highest BCUT2D eigenvalue weighted by molar-refractivity contribution is 5.65. The fourth-order valence-electron chi connectivity index (χ4n) is 3.67. The van der Waals surface area contributed by atoms with Crippen LogP contribution in [0.5, 0.6) is 11.6 Å². The topological polar surface area (TPSA) is 59.8 Å². The Morgan fingerprint density at radius 3 is 2.70 bits per heavy atom. The van der Waals surface area contributed by atoms with E-state index in [-0.39, 0.29) is 5.82 Å². The molecule has 3 rings (SSSR count). The number of rotatable bonds is 13. The molecular formula is C26H32FN3O3. The predicted octanol–water partition coefficient (Wildman–Crippen LogP) is 4.79. The van der Waals surface area contributed by atoms with E-state index in [4.69, 9.17) is 14.6 Å². The van der Waals surface area contributed by atoms with Gasteiger partial charge in [-0.3, -0.25) is 4.90 Å². The smallest absolute Gasteiger partial charge is 0.222 e. The van der Waals surface area contributed by atoms with Gasteiger partial charge in [0.1, 0.15) is 17.3 Å². The summed E-state index contributed by atoms with van der Waals surface area (Å²) in [7, 11) is 3.47. The van der Waals surface area contributed by atoms with Crippen LogP contribution in [0.15, 0.2) is 67.3 Å². The number of hydrogen-bond acceptors (Lipinski definition) is 5. The first-order valence-corrected chi connectivity index (χ1v) is 11.1. The van der Waals surface area contributed by atoms with E-state index in [2.05, 4.69) is 11.5 Å². The Balaban J connectivity index is 1.97. The number of allylic oxidation sites excluding steroid dienone is 1. The Morgan fingerprint density at radius 2 is 2.00 bits per heavy atom. The van der Waals surface area contributed by atoms with E-state index in [1.807, 2.05) is 43.5 Å². The maximum absolute atomic E-state index is 13.8. The number of ether oxygens (including phenoxy) is 2. The van der Waals surface area contributed by atoms with E-state index in [0.29, 0.717) is 44.3 Å². The number of hydrogen-bond donors (Lipinski definition) is 1. The molecule has 0 unspecified atom stereocenters. The molecule has 176 valence electrons. The normalized spacial score (nSPS) is 12.2. The molecule has 1 N–H and O–H groups in total. The van der Waals surface area contributed by atoms with Crippen LogP contribution in [-0.4, -0.2) is 52.7 Å². The van der Waals surface area contributed by atoms with Gasteiger partial charge in [-0.05, 0) is 25.0 Å². The number of aromatic nitrogens is 2. The second kappa shape index (κ2) is 12.3. The summed E-state index contributed by atoms with van der Waals surface area (Å²) >= 11 is 0. The second-order valence-corrected chi connectivity index (χ2v) is 7.93. The Labute approximate surface area is 194 Å². The van der Waals surface area contributed by atoms with Gasteiger partial charge in [0.2, 0.25) is 5.88 Å². The Morgan fingerprint density at radius 1 is 1.21 bits per heavy atom. The zero-order valence-electron chi connectivity index (χ0n) is 19.3. The number of aliphatic hydroxyl groups is 1. The lowest BCUT2D eigenvalue weighted by atomic mass is 10.1. The minimum Gasteiger partial charge on any atom is -0.439 e. The summed E-state index contributed by atoms with van der Waals surface area (Å²) in [5, 5.41) is 15.3. The zero-order chi connectivity index (χ0) is 23.6. The summed E-state index contributed by atoms with van der Waals surface area (Å²) in [4.78, 5) is 2.12. The van der Waals surface area contributed by atoms with Gasteiger partial charge in [-0.1, -0.05) is 42.5 Å². The van der Waals surface area contributed by atoms with Crippen molar-refractivity contribution in [3.05, 3.63) is 78.6 Å². The molecule has 0 amide bonds. The number of aryl methyl sites for hydroxylation is 1. The first-order chi connectivity index (χ1) is 16.0. The summed E-state index contributed by atoms with van der Waals surface area (Å²) in [6.07, 6.45) is 2.69. The molecule has 7 heteroatoms. The van der Waals surface area contributed by atoms with E-state index in [1.165, 1.54) is 12.1 Å². The van der Waals surface area contributed by atoms with Crippen molar-refractivity contribution in [2.24, 2.45) is 7.05 Å². The third-order valence-corrected chi connectivity index (χ3v) is 5.31. The van der Waals surface area contributed by atoms with Crippen LogP contribution in [0.25, 0.3) is 11.3 Å². The number of aliphatic hydroxyl groups excluding tert-OH is 1. The quantitative estimate of drug-likeness (QED) is 0.377. The van der Waals surface area contributed by atoms with Crippen molar-refractivity contribution < 1.29 is 19.0 Å². The molecule has 33 heavy (non-hydrogen) atoms. The summed E-state index contributed by atoms with van der Waals surface area (Å²) in [5.41, 5.74) is 2.60.